The van der Waals surface area contributed by atoms with Crippen molar-refractivity contribution in [3.8, 4) is 11.4 Å². The maximum absolute atomic E-state index is 13.2. The van der Waals surface area contributed by atoms with Crippen LogP contribution in [0.25, 0.3) is 33.6 Å². The largest absolute Gasteiger partial charge is 0.417 e. The van der Waals surface area contributed by atoms with Gasteiger partial charge < -0.3 is 4.57 Å². The highest BCUT2D eigenvalue weighted by Gasteiger charge is 2.35. The molecule has 13 heteroatoms. The van der Waals surface area contributed by atoms with Crippen LogP contribution in [0.4, 0.5) is 13.2 Å². The molecule has 184 valence electrons. The second-order valence-corrected chi connectivity index (χ2v) is 10.8. The molecule has 0 unspecified atom stereocenters. The Morgan fingerprint density at radius 3 is 2.40 bits per heavy atom. The molecule has 0 amide bonds. The van der Waals surface area contributed by atoms with E-state index < -0.39 is 27.3 Å². The number of imidazole rings is 2. The second kappa shape index (κ2) is 7.51. The molecule has 1 aliphatic carbocycles. The van der Waals surface area contributed by atoms with E-state index in [2.05, 4.69) is 9.97 Å². The number of aryl methyl sites for hydroxylation is 2. The van der Waals surface area contributed by atoms with Crippen LogP contribution < -0.4 is 5.69 Å². The minimum Gasteiger partial charge on any atom is -0.312 e. The number of nitrogens with zero attached hydrogens (tertiary/aromatic N) is 5. The first-order chi connectivity index (χ1) is 16.3. The highest BCUT2D eigenvalue weighted by atomic mass is 32.2. The van der Waals surface area contributed by atoms with Crippen molar-refractivity contribution in [2.24, 2.45) is 20.0 Å². The number of carbonyl (C=O) groups excluding carboxylic acids is 1. The lowest BCUT2D eigenvalue weighted by molar-refractivity contribution is -0.137. The Labute approximate surface area is 196 Å². The van der Waals surface area contributed by atoms with Gasteiger partial charge in [-0.25, -0.2) is 27.7 Å². The van der Waals surface area contributed by atoms with Crippen molar-refractivity contribution in [2.45, 2.75) is 30.8 Å². The normalized spacial score (nSPS) is 14.8. The summed E-state index contributed by atoms with van der Waals surface area (Å²) in [6.45, 7) is 1.45. The summed E-state index contributed by atoms with van der Waals surface area (Å²) in [4.78, 5) is 33.8. The van der Waals surface area contributed by atoms with Gasteiger partial charge in [0, 0.05) is 31.8 Å². The van der Waals surface area contributed by atoms with Gasteiger partial charge in [-0.3, -0.25) is 9.36 Å². The highest BCUT2D eigenvalue weighted by Crippen LogP contribution is 2.36. The molecule has 0 aliphatic heterocycles. The van der Waals surface area contributed by atoms with E-state index in [0.717, 1.165) is 10.6 Å². The molecule has 3 heterocycles. The Balaban J connectivity index is 1.85. The first-order valence-electron chi connectivity index (χ1n) is 10.8. The molecular formula is C22H20F3N5O4S. The fraction of sp³-hybridized carbons (Fsp3) is 0.364. The Kier molecular flexibility index (Phi) is 4.99. The third-order valence-electron chi connectivity index (χ3n) is 6.30. The number of halogens is 3. The van der Waals surface area contributed by atoms with Gasteiger partial charge in [0.2, 0.25) is 5.91 Å². The zero-order valence-corrected chi connectivity index (χ0v) is 19.7. The van der Waals surface area contributed by atoms with Crippen LogP contribution in [0.1, 0.15) is 30.1 Å². The fourth-order valence-electron chi connectivity index (χ4n) is 4.15. The van der Waals surface area contributed by atoms with Crippen molar-refractivity contribution in [2.75, 3.05) is 5.75 Å². The van der Waals surface area contributed by atoms with E-state index in [9.17, 15) is 31.2 Å². The van der Waals surface area contributed by atoms with E-state index in [0.29, 0.717) is 19.0 Å². The Hall–Kier alpha value is -3.48. The predicted octanol–water partition coefficient (Wildman–Crippen LogP) is 3.15. The van der Waals surface area contributed by atoms with Crippen molar-refractivity contribution in [3.05, 3.63) is 40.4 Å². The van der Waals surface area contributed by atoms with Crippen molar-refractivity contribution in [3.63, 3.8) is 0 Å². The number of aromatic nitrogens is 5. The van der Waals surface area contributed by atoms with Gasteiger partial charge in [-0.2, -0.15) is 13.2 Å². The van der Waals surface area contributed by atoms with Gasteiger partial charge in [-0.15, -0.1) is 0 Å². The zero-order chi connectivity index (χ0) is 25.4. The summed E-state index contributed by atoms with van der Waals surface area (Å²) < 4.78 is 69.3. The lowest BCUT2D eigenvalue weighted by Gasteiger charge is -2.11. The molecule has 1 fully saturated rings. The topological polar surface area (TPSA) is 109 Å². The quantitative estimate of drug-likeness (QED) is 0.420. The summed E-state index contributed by atoms with van der Waals surface area (Å²) in [5, 5.41) is 0. The molecule has 0 N–H and O–H groups in total. The minimum absolute atomic E-state index is 0.0440. The molecular weight excluding hydrogens is 487 g/mol. The average molecular weight is 507 g/mol. The molecule has 0 bridgehead atoms. The molecule has 9 nitrogen and oxygen atoms in total. The predicted molar refractivity (Wildman–Crippen MR) is 121 cm³/mol. The average Bonchev–Trinajstić information content (AvgIpc) is 3.56. The molecule has 0 saturated heterocycles. The van der Waals surface area contributed by atoms with Gasteiger partial charge >= 0.3 is 11.9 Å². The number of fused-ring (bicyclic) bond motifs is 2. The number of alkyl halides is 3. The summed E-state index contributed by atoms with van der Waals surface area (Å²) in [6.07, 6.45) is -2.62. The monoisotopic (exact) mass is 507 g/mol. The van der Waals surface area contributed by atoms with Gasteiger partial charge in [0.1, 0.15) is 11.3 Å². The van der Waals surface area contributed by atoms with Crippen LogP contribution in [0, 0.1) is 5.92 Å². The van der Waals surface area contributed by atoms with Crippen LogP contribution in [0.15, 0.2) is 34.1 Å². The Morgan fingerprint density at radius 1 is 1.11 bits per heavy atom. The summed E-state index contributed by atoms with van der Waals surface area (Å²) in [7, 11) is -0.912. The minimum atomic E-state index is -4.63. The third kappa shape index (κ3) is 3.56. The van der Waals surface area contributed by atoms with E-state index >= 15 is 0 Å². The van der Waals surface area contributed by atoms with E-state index in [1.807, 2.05) is 0 Å². The van der Waals surface area contributed by atoms with E-state index in [1.165, 1.54) is 42.3 Å². The number of hydrogen-bond donors (Lipinski definition) is 0. The molecule has 3 aromatic heterocycles. The maximum atomic E-state index is 13.2. The van der Waals surface area contributed by atoms with E-state index in [1.54, 1.807) is 0 Å². The lowest BCUT2D eigenvalue weighted by atomic mass is 10.1. The lowest BCUT2D eigenvalue weighted by Crippen LogP contribution is -2.28. The van der Waals surface area contributed by atoms with Crippen molar-refractivity contribution >= 4 is 37.9 Å². The molecule has 0 spiro atoms. The summed E-state index contributed by atoms with van der Waals surface area (Å²) in [6, 6.07) is 3.55. The van der Waals surface area contributed by atoms with Crippen LogP contribution in [-0.4, -0.2) is 43.7 Å². The number of carbonyl (C=O) groups is 1. The number of sulfone groups is 1. The Morgan fingerprint density at radius 2 is 1.80 bits per heavy atom. The van der Waals surface area contributed by atoms with Crippen LogP contribution in [-0.2, 0) is 30.1 Å². The van der Waals surface area contributed by atoms with Crippen molar-refractivity contribution in [1.82, 2.24) is 23.7 Å². The number of pyridine rings is 1. The molecule has 1 aromatic carbocycles. The van der Waals surface area contributed by atoms with Crippen molar-refractivity contribution < 1.29 is 26.4 Å². The molecule has 4 aromatic rings. The number of hydrogen-bond acceptors (Lipinski definition) is 6. The van der Waals surface area contributed by atoms with Crippen LogP contribution >= 0.6 is 0 Å². The van der Waals surface area contributed by atoms with Gasteiger partial charge in [-0.05, 0) is 31.0 Å². The SMILES string of the molecule is CCS(=O)(=O)c1cc2c(cc1-c1nc3cc(C(F)(F)F)cnc3n1C)n(C(=O)C1CC1)c(=O)n2C. The first-order valence-corrected chi connectivity index (χ1v) is 12.4. The van der Waals surface area contributed by atoms with E-state index in [4.69, 9.17) is 0 Å². The maximum Gasteiger partial charge on any atom is 0.417 e. The molecule has 0 atom stereocenters. The summed E-state index contributed by atoms with van der Waals surface area (Å²) >= 11 is 0. The van der Waals surface area contributed by atoms with E-state index in [-0.39, 0.29) is 56.1 Å². The van der Waals surface area contributed by atoms with Gasteiger partial charge in [-0.1, -0.05) is 6.92 Å². The smallest absolute Gasteiger partial charge is 0.312 e. The van der Waals surface area contributed by atoms with Crippen molar-refractivity contribution in [1.29, 1.82) is 0 Å². The highest BCUT2D eigenvalue weighted by molar-refractivity contribution is 7.91. The first kappa shape index (κ1) is 23.3. The fourth-order valence-corrected chi connectivity index (χ4v) is 5.23. The van der Waals surface area contributed by atoms with Crippen LogP contribution in [0.2, 0.25) is 0 Å². The van der Waals surface area contributed by atoms with Crippen LogP contribution in [0.3, 0.4) is 0 Å². The molecule has 1 aliphatic rings. The standard InChI is InChI=1S/C22H20F3N5O4S/c1-4-35(33,34)17-9-15-16(30(21(32)28(15)2)20(31)11-5-6-11)8-13(17)18-27-14-7-12(22(23,24)25)10-26-19(14)29(18)3/h7-11H,4-6H2,1-3H3. The second-order valence-electron chi connectivity index (χ2n) is 8.59. The summed E-state index contributed by atoms with van der Waals surface area (Å²) in [5.74, 6) is -0.871. The third-order valence-corrected chi connectivity index (χ3v) is 8.06. The van der Waals surface area contributed by atoms with Gasteiger partial charge in [0.05, 0.1) is 27.2 Å². The summed E-state index contributed by atoms with van der Waals surface area (Å²) in [5.41, 5.74) is -1.03. The van der Waals surface area contributed by atoms with Gasteiger partial charge in [0.15, 0.2) is 15.5 Å². The zero-order valence-electron chi connectivity index (χ0n) is 18.9. The molecule has 5 rings (SSSR count). The Bertz CT molecular complexity index is 1710. The molecule has 0 radical (unpaired) electrons. The van der Waals surface area contributed by atoms with Gasteiger partial charge in [0.25, 0.3) is 0 Å². The van der Waals surface area contributed by atoms with Crippen LogP contribution in [0.5, 0.6) is 0 Å². The number of rotatable bonds is 4. The number of benzene rings is 1. The molecule has 1 saturated carbocycles. The molecule has 35 heavy (non-hydrogen) atoms.